The number of allylic oxidation sites excluding steroid dienone is 1. The van der Waals surface area contributed by atoms with Gasteiger partial charge in [-0.05, 0) is 77.9 Å². The highest BCUT2D eigenvalue weighted by molar-refractivity contribution is 7.17. The van der Waals surface area contributed by atoms with Crippen LogP contribution in [-0.2, 0) is 10.8 Å². The van der Waals surface area contributed by atoms with Crippen LogP contribution in [-0.4, -0.2) is 11.6 Å². The van der Waals surface area contributed by atoms with Gasteiger partial charge in [0.1, 0.15) is 5.00 Å². The molecule has 0 fully saturated rings. The zero-order chi connectivity index (χ0) is 33.8. The molecule has 238 valence electrons. The van der Waals surface area contributed by atoms with Crippen LogP contribution in [0.3, 0.4) is 0 Å². The fourth-order valence-corrected chi connectivity index (χ4v) is 10.2. The van der Waals surface area contributed by atoms with Crippen molar-refractivity contribution < 1.29 is 9.59 Å². The molecule has 1 spiro atoms. The number of Topliss-reactive ketones (excluding diaryl/α,β-unsaturated/α-hetero) is 2. The van der Waals surface area contributed by atoms with E-state index in [1.807, 2.05) is 18.2 Å². The number of anilines is 3. The van der Waals surface area contributed by atoms with E-state index in [1.165, 1.54) is 44.5 Å². The maximum absolute atomic E-state index is 13.6. The van der Waals surface area contributed by atoms with Gasteiger partial charge in [-0.15, -0.1) is 11.3 Å². The van der Waals surface area contributed by atoms with Gasteiger partial charge in [0.05, 0.1) is 22.4 Å². The zero-order valence-corrected chi connectivity index (χ0v) is 29.0. The summed E-state index contributed by atoms with van der Waals surface area (Å²) in [6, 6.07) is 40.6. The van der Waals surface area contributed by atoms with Gasteiger partial charge in [-0.25, -0.2) is 0 Å². The number of benzene rings is 5. The van der Waals surface area contributed by atoms with Crippen LogP contribution in [0.1, 0.15) is 89.5 Å². The number of ketones is 2. The summed E-state index contributed by atoms with van der Waals surface area (Å²) in [7, 11) is 0. The van der Waals surface area contributed by atoms with Crippen molar-refractivity contribution in [2.75, 3.05) is 4.90 Å². The third-order valence-corrected chi connectivity index (χ3v) is 12.0. The molecule has 0 saturated carbocycles. The van der Waals surface area contributed by atoms with Crippen molar-refractivity contribution in [1.29, 1.82) is 0 Å². The highest BCUT2D eigenvalue weighted by Crippen LogP contribution is 2.64. The Labute approximate surface area is 291 Å². The fraction of sp³-hybridized carbons (Fsp3) is 0.156. The number of aryl methyl sites for hydroxylation is 3. The number of rotatable bonds is 2. The van der Waals surface area contributed by atoms with Gasteiger partial charge in [0.15, 0.2) is 11.6 Å². The molecule has 2 heterocycles. The predicted molar refractivity (Wildman–Crippen MR) is 200 cm³/mol. The van der Waals surface area contributed by atoms with Gasteiger partial charge in [-0.3, -0.25) is 9.59 Å². The molecule has 3 nitrogen and oxygen atoms in total. The van der Waals surface area contributed by atoms with Crippen LogP contribution in [0.15, 0.2) is 121 Å². The van der Waals surface area contributed by atoms with E-state index in [0.717, 1.165) is 26.8 Å². The summed E-state index contributed by atoms with van der Waals surface area (Å²) < 4.78 is 0. The first kappa shape index (κ1) is 29.8. The van der Waals surface area contributed by atoms with Crippen molar-refractivity contribution in [3.8, 4) is 0 Å². The highest BCUT2D eigenvalue weighted by atomic mass is 32.1. The van der Waals surface area contributed by atoms with Crippen LogP contribution < -0.4 is 4.90 Å². The predicted octanol–water partition coefficient (Wildman–Crippen LogP) is 10.9. The van der Waals surface area contributed by atoms with Crippen molar-refractivity contribution in [1.82, 2.24) is 0 Å². The molecule has 0 saturated heterocycles. The van der Waals surface area contributed by atoms with Crippen molar-refractivity contribution >= 4 is 45.4 Å². The molecule has 1 aliphatic heterocycles. The first-order valence-electron chi connectivity index (χ1n) is 16.9. The van der Waals surface area contributed by atoms with Crippen LogP contribution in [0.2, 0.25) is 0 Å². The maximum atomic E-state index is 13.6. The van der Waals surface area contributed by atoms with Crippen molar-refractivity contribution in [2.24, 2.45) is 0 Å². The van der Waals surface area contributed by atoms with E-state index < -0.39 is 5.41 Å². The second kappa shape index (κ2) is 10.3. The Kier molecular flexibility index (Phi) is 6.29. The molecule has 3 aliphatic rings. The monoisotopic (exact) mass is 653 g/mol. The van der Waals surface area contributed by atoms with Crippen molar-refractivity contribution in [3.63, 3.8) is 0 Å². The molecule has 1 aromatic heterocycles. The molecule has 0 N–H and O–H groups in total. The first-order valence-corrected chi connectivity index (χ1v) is 17.7. The molecule has 0 unspecified atom stereocenters. The smallest absolute Gasteiger partial charge is 0.197 e. The standard InChI is InChI=1S/C45H35NO2S/c1-26-22-27(2)40(28(3)23-26)46-39-21-13-12-20-37(39)45(35-18-10-8-16-33(35)44(4,5)34-17-9-11-19-36(34)45)38-25-29(49-43(38)46)24-32-41(47)30-14-6-7-15-31(30)42(32)48/h6-25H,1-5H3. The Morgan fingerprint density at radius 2 is 1.08 bits per heavy atom. The van der Waals surface area contributed by atoms with Gasteiger partial charge in [-0.2, -0.15) is 0 Å². The van der Waals surface area contributed by atoms with Crippen molar-refractivity contribution in [2.45, 2.75) is 45.4 Å². The number of carbonyl (C=O) groups excluding carboxylic acids is 2. The van der Waals surface area contributed by atoms with E-state index in [-0.39, 0.29) is 22.6 Å². The van der Waals surface area contributed by atoms with Crippen LogP contribution in [0.4, 0.5) is 16.4 Å². The molecular weight excluding hydrogens is 619 g/mol. The second-order valence-electron chi connectivity index (χ2n) is 14.2. The molecule has 0 atom stereocenters. The number of fused-ring (bicyclic) bond motifs is 9. The Bertz CT molecular complexity index is 2350. The molecule has 0 amide bonds. The minimum Gasteiger partial charge on any atom is -0.301 e. The van der Waals surface area contributed by atoms with E-state index in [9.17, 15) is 9.59 Å². The summed E-state index contributed by atoms with van der Waals surface area (Å²) in [5.41, 5.74) is 13.8. The normalized spacial score (nSPS) is 16.2. The number of para-hydroxylation sites is 1. The highest BCUT2D eigenvalue weighted by Gasteiger charge is 2.54. The van der Waals surface area contributed by atoms with E-state index in [2.05, 4.69) is 131 Å². The SMILES string of the molecule is Cc1cc(C)c(N2c3ccccc3C3(c4ccccc4C(C)(C)c4ccccc43)c3cc(C=C4C(=O)c5ccccc5C4=O)sc32)c(C)c1. The van der Waals surface area contributed by atoms with Gasteiger partial charge < -0.3 is 4.90 Å². The summed E-state index contributed by atoms with van der Waals surface area (Å²) in [5, 5.41) is 1.10. The average Bonchev–Trinajstić information content (AvgIpc) is 3.62. The molecule has 9 rings (SSSR count). The lowest BCUT2D eigenvalue weighted by Crippen LogP contribution is -2.44. The molecule has 6 aromatic rings. The van der Waals surface area contributed by atoms with Crippen LogP contribution in [0.5, 0.6) is 0 Å². The maximum Gasteiger partial charge on any atom is 0.197 e. The Balaban J connectivity index is 1.41. The van der Waals surface area contributed by atoms with Crippen molar-refractivity contribution in [3.05, 3.63) is 187 Å². The number of hydrogen-bond acceptors (Lipinski definition) is 4. The van der Waals surface area contributed by atoms with Gasteiger partial charge in [0.2, 0.25) is 0 Å². The van der Waals surface area contributed by atoms with E-state index in [4.69, 9.17) is 0 Å². The lowest BCUT2D eigenvalue weighted by atomic mass is 9.53. The van der Waals surface area contributed by atoms with Crippen LogP contribution >= 0.6 is 11.3 Å². The largest absolute Gasteiger partial charge is 0.301 e. The molecule has 5 aromatic carbocycles. The second-order valence-corrected chi connectivity index (χ2v) is 15.3. The third kappa shape index (κ3) is 3.89. The van der Waals surface area contributed by atoms with E-state index >= 15 is 0 Å². The molecule has 4 heteroatoms. The van der Waals surface area contributed by atoms with Gasteiger partial charge >= 0.3 is 0 Å². The first-order chi connectivity index (χ1) is 23.6. The van der Waals surface area contributed by atoms with E-state index in [1.54, 1.807) is 23.5 Å². The molecule has 0 bridgehead atoms. The minimum atomic E-state index is -0.627. The van der Waals surface area contributed by atoms with Gasteiger partial charge in [0, 0.05) is 27.0 Å². The van der Waals surface area contributed by atoms with E-state index in [0.29, 0.717) is 11.1 Å². The summed E-state index contributed by atoms with van der Waals surface area (Å²) in [6.07, 6.45) is 1.84. The molecule has 49 heavy (non-hydrogen) atoms. The van der Waals surface area contributed by atoms with Crippen LogP contribution in [0, 0.1) is 20.8 Å². The number of carbonyl (C=O) groups is 2. The molecular formula is C45H35NO2S. The fourth-order valence-electron chi connectivity index (χ4n) is 9.02. The number of hydrogen-bond donors (Lipinski definition) is 0. The minimum absolute atomic E-state index is 0.206. The van der Waals surface area contributed by atoms with Crippen LogP contribution in [0.25, 0.3) is 6.08 Å². The quantitative estimate of drug-likeness (QED) is 0.138. The number of thiophene rings is 1. The lowest BCUT2D eigenvalue weighted by Gasteiger charge is -2.51. The lowest BCUT2D eigenvalue weighted by molar-refractivity contribution is 0.0990. The molecule has 0 radical (unpaired) electrons. The molecule has 2 aliphatic carbocycles. The zero-order valence-electron chi connectivity index (χ0n) is 28.2. The average molecular weight is 654 g/mol. The summed E-state index contributed by atoms with van der Waals surface area (Å²) in [5.74, 6) is -0.413. The Hall–Kier alpha value is -5.32. The summed E-state index contributed by atoms with van der Waals surface area (Å²) in [4.78, 5) is 30.6. The Morgan fingerprint density at radius 1 is 0.592 bits per heavy atom. The van der Waals surface area contributed by atoms with Gasteiger partial charge in [-0.1, -0.05) is 123 Å². The van der Waals surface area contributed by atoms with Gasteiger partial charge in [0.25, 0.3) is 0 Å². The number of nitrogens with zero attached hydrogens (tertiary/aromatic N) is 1. The summed E-state index contributed by atoms with van der Waals surface area (Å²) >= 11 is 1.66. The Morgan fingerprint density at radius 3 is 1.65 bits per heavy atom. The topological polar surface area (TPSA) is 37.4 Å². The third-order valence-electron chi connectivity index (χ3n) is 10.9. The summed E-state index contributed by atoms with van der Waals surface area (Å²) in [6.45, 7) is 11.2.